The molecule has 3 N–H and O–H groups in total. The Hall–Kier alpha value is -2.91. The second kappa shape index (κ2) is 9.27. The third kappa shape index (κ3) is 4.98. The van der Waals surface area contributed by atoms with Crippen molar-refractivity contribution in [2.75, 3.05) is 25.0 Å². The standard InChI is InChI=1S/C21H25N3O5S/c1-15-6-2-3-7-17(15)21(27)22-11-10-20(26)23-18-14-16(8-9-19(18)25)30(28,29)24-12-4-5-13-24/h2-3,6-9,14,25H,4-5,10-13H2,1H3,(H,22,27)(H,23,26). The minimum absolute atomic E-state index is 0.0188. The van der Waals surface area contributed by atoms with Crippen LogP contribution in [0, 0.1) is 6.92 Å². The van der Waals surface area contributed by atoms with E-state index < -0.39 is 15.9 Å². The first kappa shape index (κ1) is 21.8. The SMILES string of the molecule is Cc1ccccc1C(=O)NCCC(=O)Nc1cc(S(=O)(=O)N2CCCC2)ccc1O. The summed E-state index contributed by atoms with van der Waals surface area (Å²) in [7, 11) is -3.66. The number of rotatable bonds is 7. The van der Waals surface area contributed by atoms with Gasteiger partial charge in [0, 0.05) is 31.6 Å². The number of benzene rings is 2. The van der Waals surface area contributed by atoms with E-state index in [1.165, 1.54) is 22.5 Å². The van der Waals surface area contributed by atoms with Crippen molar-refractivity contribution in [1.29, 1.82) is 0 Å². The molecule has 0 bridgehead atoms. The first-order chi connectivity index (χ1) is 14.3. The Labute approximate surface area is 176 Å². The lowest BCUT2D eigenvalue weighted by atomic mass is 10.1. The minimum atomic E-state index is -3.66. The molecule has 0 saturated carbocycles. The summed E-state index contributed by atoms with van der Waals surface area (Å²) in [6.45, 7) is 2.86. The first-order valence-corrected chi connectivity index (χ1v) is 11.2. The summed E-state index contributed by atoms with van der Waals surface area (Å²) in [5.41, 5.74) is 1.39. The maximum Gasteiger partial charge on any atom is 0.251 e. The van der Waals surface area contributed by atoms with Crippen LogP contribution in [0.1, 0.15) is 35.2 Å². The molecular formula is C21H25N3O5S. The molecule has 3 rings (SSSR count). The highest BCUT2D eigenvalue weighted by Crippen LogP contribution is 2.29. The minimum Gasteiger partial charge on any atom is -0.506 e. The van der Waals surface area contributed by atoms with Crippen LogP contribution in [0.5, 0.6) is 5.75 Å². The summed E-state index contributed by atoms with van der Waals surface area (Å²) in [6.07, 6.45) is 1.60. The van der Waals surface area contributed by atoms with Gasteiger partial charge in [-0.05, 0) is 49.6 Å². The normalized spacial score (nSPS) is 14.4. The van der Waals surface area contributed by atoms with Gasteiger partial charge in [-0.3, -0.25) is 9.59 Å². The van der Waals surface area contributed by atoms with Crippen molar-refractivity contribution < 1.29 is 23.1 Å². The lowest BCUT2D eigenvalue weighted by molar-refractivity contribution is -0.116. The van der Waals surface area contributed by atoms with E-state index in [1.54, 1.807) is 12.1 Å². The summed E-state index contributed by atoms with van der Waals surface area (Å²) in [6, 6.07) is 11.0. The number of hydrogen-bond acceptors (Lipinski definition) is 5. The molecule has 1 saturated heterocycles. The number of aryl methyl sites for hydroxylation is 1. The molecule has 2 amide bonds. The van der Waals surface area contributed by atoms with Crippen LogP contribution in [0.25, 0.3) is 0 Å². The van der Waals surface area contributed by atoms with Crippen molar-refractivity contribution >= 4 is 27.5 Å². The zero-order valence-electron chi connectivity index (χ0n) is 16.7. The molecule has 0 aromatic heterocycles. The molecule has 1 aliphatic heterocycles. The van der Waals surface area contributed by atoms with Crippen molar-refractivity contribution in [2.24, 2.45) is 0 Å². The van der Waals surface area contributed by atoms with Crippen LogP contribution >= 0.6 is 0 Å². The lowest BCUT2D eigenvalue weighted by Crippen LogP contribution is -2.28. The van der Waals surface area contributed by atoms with Crippen molar-refractivity contribution in [3.05, 3.63) is 53.6 Å². The van der Waals surface area contributed by atoms with Gasteiger partial charge >= 0.3 is 0 Å². The van der Waals surface area contributed by atoms with Crippen LogP contribution in [-0.4, -0.2) is 49.3 Å². The van der Waals surface area contributed by atoms with E-state index in [0.717, 1.165) is 18.4 Å². The Kier molecular flexibility index (Phi) is 6.73. The number of nitrogens with one attached hydrogen (secondary N) is 2. The highest BCUT2D eigenvalue weighted by atomic mass is 32.2. The van der Waals surface area contributed by atoms with Gasteiger partial charge < -0.3 is 15.7 Å². The maximum absolute atomic E-state index is 12.7. The van der Waals surface area contributed by atoms with Gasteiger partial charge in [-0.1, -0.05) is 18.2 Å². The van der Waals surface area contributed by atoms with Crippen molar-refractivity contribution in [1.82, 2.24) is 9.62 Å². The summed E-state index contributed by atoms with van der Waals surface area (Å²) < 4.78 is 26.7. The number of amides is 2. The third-order valence-electron chi connectivity index (χ3n) is 4.97. The molecule has 2 aromatic rings. The molecule has 2 aromatic carbocycles. The number of phenolic OH excluding ortho intramolecular Hbond substituents is 1. The smallest absolute Gasteiger partial charge is 0.251 e. The number of hydrogen-bond donors (Lipinski definition) is 3. The van der Waals surface area contributed by atoms with Crippen molar-refractivity contribution in [2.45, 2.75) is 31.1 Å². The molecule has 0 spiro atoms. The van der Waals surface area contributed by atoms with Gasteiger partial charge in [0.1, 0.15) is 5.75 Å². The molecule has 1 fully saturated rings. The number of carbonyl (C=O) groups is 2. The Morgan fingerprint density at radius 1 is 1.10 bits per heavy atom. The second-order valence-corrected chi connectivity index (χ2v) is 9.10. The van der Waals surface area contributed by atoms with Gasteiger partial charge in [0.05, 0.1) is 10.6 Å². The number of anilines is 1. The number of nitrogens with zero attached hydrogens (tertiary/aromatic N) is 1. The molecule has 8 nitrogen and oxygen atoms in total. The average Bonchev–Trinajstić information content (AvgIpc) is 3.25. The van der Waals surface area contributed by atoms with Gasteiger partial charge in [-0.15, -0.1) is 0 Å². The van der Waals surface area contributed by atoms with E-state index in [1.807, 2.05) is 19.1 Å². The number of aromatic hydroxyl groups is 1. The highest BCUT2D eigenvalue weighted by molar-refractivity contribution is 7.89. The van der Waals surface area contributed by atoms with Crippen LogP contribution < -0.4 is 10.6 Å². The van der Waals surface area contributed by atoms with Gasteiger partial charge in [0.2, 0.25) is 15.9 Å². The number of sulfonamides is 1. The van der Waals surface area contributed by atoms with E-state index >= 15 is 0 Å². The molecule has 0 radical (unpaired) electrons. The molecule has 160 valence electrons. The zero-order chi connectivity index (χ0) is 21.7. The molecule has 9 heteroatoms. The summed E-state index contributed by atoms with van der Waals surface area (Å²) >= 11 is 0. The zero-order valence-corrected chi connectivity index (χ0v) is 17.5. The van der Waals surface area contributed by atoms with Gasteiger partial charge in [-0.2, -0.15) is 4.31 Å². The average molecular weight is 432 g/mol. The number of phenols is 1. The lowest BCUT2D eigenvalue weighted by Gasteiger charge is -2.16. The van der Waals surface area contributed by atoms with Crippen molar-refractivity contribution in [3.63, 3.8) is 0 Å². The monoisotopic (exact) mass is 431 g/mol. The fourth-order valence-corrected chi connectivity index (χ4v) is 4.82. The largest absolute Gasteiger partial charge is 0.506 e. The summed E-state index contributed by atoms with van der Waals surface area (Å²) in [4.78, 5) is 24.4. The third-order valence-corrected chi connectivity index (χ3v) is 6.87. The van der Waals surface area contributed by atoms with Gasteiger partial charge in [0.15, 0.2) is 0 Å². The molecule has 0 unspecified atom stereocenters. The molecule has 0 atom stereocenters. The Balaban J connectivity index is 1.60. The predicted molar refractivity (Wildman–Crippen MR) is 113 cm³/mol. The summed E-state index contributed by atoms with van der Waals surface area (Å²) in [5.74, 6) is -0.957. The van der Waals surface area contributed by atoms with Crippen molar-refractivity contribution in [3.8, 4) is 5.75 Å². The van der Waals surface area contributed by atoms with E-state index in [2.05, 4.69) is 10.6 Å². The number of carbonyl (C=O) groups excluding carboxylic acids is 2. The Bertz CT molecular complexity index is 1050. The molecule has 0 aliphatic carbocycles. The molecule has 1 aliphatic rings. The maximum atomic E-state index is 12.7. The second-order valence-electron chi connectivity index (χ2n) is 7.16. The van der Waals surface area contributed by atoms with E-state index in [-0.39, 0.29) is 35.2 Å². The van der Waals surface area contributed by atoms with Crippen LogP contribution in [0.4, 0.5) is 5.69 Å². The van der Waals surface area contributed by atoms with Crippen LogP contribution in [0.15, 0.2) is 47.4 Å². The topological polar surface area (TPSA) is 116 Å². The quantitative estimate of drug-likeness (QED) is 0.582. The van der Waals surface area contributed by atoms with Crippen LogP contribution in [0.2, 0.25) is 0 Å². The molecular weight excluding hydrogens is 406 g/mol. The fourth-order valence-electron chi connectivity index (χ4n) is 3.28. The molecule has 1 heterocycles. The highest BCUT2D eigenvalue weighted by Gasteiger charge is 2.27. The Morgan fingerprint density at radius 3 is 2.50 bits per heavy atom. The van der Waals surface area contributed by atoms with Gasteiger partial charge in [-0.25, -0.2) is 8.42 Å². The van der Waals surface area contributed by atoms with Crippen LogP contribution in [-0.2, 0) is 14.8 Å². The Morgan fingerprint density at radius 2 is 1.80 bits per heavy atom. The van der Waals surface area contributed by atoms with Crippen LogP contribution in [0.3, 0.4) is 0 Å². The van der Waals surface area contributed by atoms with E-state index in [4.69, 9.17) is 0 Å². The van der Waals surface area contributed by atoms with E-state index in [0.29, 0.717) is 18.7 Å². The van der Waals surface area contributed by atoms with Gasteiger partial charge in [0.25, 0.3) is 5.91 Å². The molecule has 30 heavy (non-hydrogen) atoms. The fraction of sp³-hybridized carbons (Fsp3) is 0.333. The predicted octanol–water partition coefficient (Wildman–Crippen LogP) is 2.24. The summed E-state index contributed by atoms with van der Waals surface area (Å²) in [5, 5.41) is 15.2. The first-order valence-electron chi connectivity index (χ1n) is 9.76. The van der Waals surface area contributed by atoms with E-state index in [9.17, 15) is 23.1 Å².